The molecular weight excluding hydrogens is 390 g/mol. The van der Waals surface area contributed by atoms with Crippen LogP contribution in [0.2, 0.25) is 5.02 Å². The fraction of sp³-hybridized carbons (Fsp3) is 0.318. The first-order chi connectivity index (χ1) is 14.1. The second-order valence-electron chi connectivity index (χ2n) is 7.04. The highest BCUT2D eigenvalue weighted by atomic mass is 35.5. The van der Waals surface area contributed by atoms with Crippen LogP contribution in [0.4, 0.5) is 0 Å². The van der Waals surface area contributed by atoms with E-state index >= 15 is 0 Å². The zero-order valence-electron chi connectivity index (χ0n) is 16.4. The molecule has 0 spiro atoms. The molecule has 0 bridgehead atoms. The highest BCUT2D eigenvalue weighted by molar-refractivity contribution is 6.35. The van der Waals surface area contributed by atoms with E-state index in [0.717, 1.165) is 42.0 Å². The first-order valence-corrected chi connectivity index (χ1v) is 10.1. The molecule has 1 aliphatic rings. The minimum Gasteiger partial charge on any atom is -0.497 e. The molecule has 0 radical (unpaired) electrons. The molecule has 4 rings (SSSR count). The maximum absolute atomic E-state index is 12.8. The van der Waals surface area contributed by atoms with Gasteiger partial charge in [-0.1, -0.05) is 23.7 Å². The fourth-order valence-corrected chi connectivity index (χ4v) is 3.77. The lowest BCUT2D eigenvalue weighted by Crippen LogP contribution is -2.49. The topological polar surface area (TPSA) is 57.8 Å². The van der Waals surface area contributed by atoms with Crippen LogP contribution in [0, 0.1) is 0 Å². The Labute approximate surface area is 175 Å². The predicted octanol–water partition coefficient (Wildman–Crippen LogP) is 3.67. The average molecular weight is 414 g/mol. The van der Waals surface area contributed by atoms with Crippen molar-refractivity contribution < 1.29 is 14.3 Å². The van der Waals surface area contributed by atoms with Gasteiger partial charge in [0.15, 0.2) is 0 Å². The summed E-state index contributed by atoms with van der Waals surface area (Å²) in [7, 11) is 1.65. The number of para-hydroxylation sites is 1. The third kappa shape index (κ3) is 4.49. The van der Waals surface area contributed by atoms with Crippen LogP contribution in [0.15, 0.2) is 48.5 Å². The summed E-state index contributed by atoms with van der Waals surface area (Å²) in [6.45, 7) is 4.50. The standard InChI is InChI=1S/C22H24ClN3O3/c1-28-17-5-7-18(8-6-17)29-14-13-25-9-11-26(12-10-25)22(27)20-15-16-3-2-4-19(23)21(16)24-20/h2-8,15,24H,9-14H2,1H3. The molecule has 1 amide bonds. The smallest absolute Gasteiger partial charge is 0.270 e. The molecule has 1 N–H and O–H groups in total. The van der Waals surface area contributed by atoms with Gasteiger partial charge in [0.05, 0.1) is 17.6 Å². The molecule has 0 atom stereocenters. The highest BCUT2D eigenvalue weighted by Crippen LogP contribution is 2.24. The van der Waals surface area contributed by atoms with Crippen molar-refractivity contribution in [3.05, 3.63) is 59.2 Å². The van der Waals surface area contributed by atoms with E-state index in [1.807, 2.05) is 53.4 Å². The minimum atomic E-state index is 0.0198. The van der Waals surface area contributed by atoms with Crippen molar-refractivity contribution in [2.45, 2.75) is 0 Å². The quantitative estimate of drug-likeness (QED) is 0.670. The number of halogens is 1. The zero-order chi connectivity index (χ0) is 20.2. The number of H-pyrrole nitrogens is 1. The van der Waals surface area contributed by atoms with Gasteiger partial charge in [0, 0.05) is 38.1 Å². The van der Waals surface area contributed by atoms with E-state index in [-0.39, 0.29) is 5.91 Å². The molecule has 2 heterocycles. The Morgan fingerprint density at radius 3 is 2.48 bits per heavy atom. The molecule has 7 heteroatoms. The fourth-order valence-electron chi connectivity index (χ4n) is 3.54. The Balaban J connectivity index is 1.26. The summed E-state index contributed by atoms with van der Waals surface area (Å²) in [6.07, 6.45) is 0. The Hall–Kier alpha value is -2.70. The van der Waals surface area contributed by atoms with E-state index in [4.69, 9.17) is 21.1 Å². The first kappa shape index (κ1) is 19.6. The van der Waals surface area contributed by atoms with Gasteiger partial charge in [-0.15, -0.1) is 0 Å². The molecule has 1 fully saturated rings. The summed E-state index contributed by atoms with van der Waals surface area (Å²) in [4.78, 5) is 20.2. The van der Waals surface area contributed by atoms with Crippen molar-refractivity contribution in [3.63, 3.8) is 0 Å². The monoisotopic (exact) mass is 413 g/mol. The first-order valence-electron chi connectivity index (χ1n) is 9.70. The van der Waals surface area contributed by atoms with Gasteiger partial charge in [0.25, 0.3) is 5.91 Å². The van der Waals surface area contributed by atoms with Gasteiger partial charge in [0.2, 0.25) is 0 Å². The van der Waals surface area contributed by atoms with E-state index in [9.17, 15) is 4.79 Å². The Morgan fingerprint density at radius 1 is 1.07 bits per heavy atom. The number of fused-ring (bicyclic) bond motifs is 1. The SMILES string of the molecule is COc1ccc(OCCN2CCN(C(=O)c3cc4cccc(Cl)c4[nH]3)CC2)cc1. The van der Waals surface area contributed by atoms with Gasteiger partial charge in [-0.25, -0.2) is 0 Å². The maximum atomic E-state index is 12.8. The number of hydrogen-bond acceptors (Lipinski definition) is 4. The Morgan fingerprint density at radius 2 is 1.79 bits per heavy atom. The third-order valence-electron chi connectivity index (χ3n) is 5.23. The molecule has 3 aromatic rings. The largest absolute Gasteiger partial charge is 0.497 e. The third-order valence-corrected chi connectivity index (χ3v) is 5.55. The number of nitrogens with one attached hydrogen (secondary N) is 1. The molecule has 0 unspecified atom stereocenters. The van der Waals surface area contributed by atoms with Crippen LogP contribution in [0.5, 0.6) is 11.5 Å². The van der Waals surface area contributed by atoms with Crippen LogP contribution < -0.4 is 9.47 Å². The molecule has 152 valence electrons. The van der Waals surface area contributed by atoms with Crippen LogP contribution in [-0.4, -0.2) is 67.1 Å². The summed E-state index contributed by atoms with van der Waals surface area (Å²) in [5.41, 5.74) is 1.40. The second kappa shape index (κ2) is 8.76. The number of aromatic amines is 1. The molecule has 6 nitrogen and oxygen atoms in total. The molecule has 1 saturated heterocycles. The van der Waals surface area contributed by atoms with Gasteiger partial charge in [-0.3, -0.25) is 9.69 Å². The summed E-state index contributed by atoms with van der Waals surface area (Å²) >= 11 is 6.21. The molecule has 1 aliphatic heterocycles. The molecule has 29 heavy (non-hydrogen) atoms. The minimum absolute atomic E-state index is 0.0198. The van der Waals surface area contributed by atoms with Gasteiger partial charge in [-0.05, 0) is 36.4 Å². The maximum Gasteiger partial charge on any atom is 0.270 e. The van der Waals surface area contributed by atoms with E-state index < -0.39 is 0 Å². The lowest BCUT2D eigenvalue weighted by molar-refractivity contribution is 0.0615. The van der Waals surface area contributed by atoms with Crippen molar-refractivity contribution in [3.8, 4) is 11.5 Å². The molecule has 2 aromatic carbocycles. The summed E-state index contributed by atoms with van der Waals surface area (Å²) in [6, 6.07) is 15.1. The van der Waals surface area contributed by atoms with Crippen molar-refractivity contribution in [1.29, 1.82) is 0 Å². The number of carbonyl (C=O) groups is 1. The van der Waals surface area contributed by atoms with Crippen LogP contribution >= 0.6 is 11.6 Å². The van der Waals surface area contributed by atoms with Crippen LogP contribution in [0.3, 0.4) is 0 Å². The normalized spacial score (nSPS) is 14.9. The van der Waals surface area contributed by atoms with E-state index in [1.54, 1.807) is 7.11 Å². The zero-order valence-corrected chi connectivity index (χ0v) is 17.1. The lowest BCUT2D eigenvalue weighted by atomic mass is 10.2. The highest BCUT2D eigenvalue weighted by Gasteiger charge is 2.23. The van der Waals surface area contributed by atoms with Crippen molar-refractivity contribution in [2.24, 2.45) is 0 Å². The van der Waals surface area contributed by atoms with Gasteiger partial charge in [0.1, 0.15) is 23.8 Å². The van der Waals surface area contributed by atoms with E-state index in [0.29, 0.717) is 30.4 Å². The van der Waals surface area contributed by atoms with E-state index in [2.05, 4.69) is 9.88 Å². The number of amides is 1. The van der Waals surface area contributed by atoms with Crippen molar-refractivity contribution in [2.75, 3.05) is 46.4 Å². The van der Waals surface area contributed by atoms with Crippen LogP contribution in [-0.2, 0) is 0 Å². The number of rotatable bonds is 6. The summed E-state index contributed by atoms with van der Waals surface area (Å²) in [5.74, 6) is 1.67. The van der Waals surface area contributed by atoms with E-state index in [1.165, 1.54) is 0 Å². The number of aromatic nitrogens is 1. The number of hydrogen-bond donors (Lipinski definition) is 1. The predicted molar refractivity (Wildman–Crippen MR) is 114 cm³/mol. The summed E-state index contributed by atoms with van der Waals surface area (Å²) < 4.78 is 10.9. The molecular formula is C22H24ClN3O3. The van der Waals surface area contributed by atoms with Gasteiger partial charge >= 0.3 is 0 Å². The van der Waals surface area contributed by atoms with Crippen LogP contribution in [0.1, 0.15) is 10.5 Å². The number of piperazine rings is 1. The lowest BCUT2D eigenvalue weighted by Gasteiger charge is -2.34. The number of methoxy groups -OCH3 is 1. The number of nitrogens with zero attached hydrogens (tertiary/aromatic N) is 2. The van der Waals surface area contributed by atoms with Crippen molar-refractivity contribution in [1.82, 2.24) is 14.8 Å². The molecule has 0 saturated carbocycles. The molecule has 0 aliphatic carbocycles. The van der Waals surface area contributed by atoms with Gasteiger partial charge in [-0.2, -0.15) is 0 Å². The van der Waals surface area contributed by atoms with Crippen LogP contribution in [0.25, 0.3) is 10.9 Å². The Bertz CT molecular complexity index is 979. The van der Waals surface area contributed by atoms with Gasteiger partial charge < -0.3 is 19.4 Å². The second-order valence-corrected chi connectivity index (χ2v) is 7.45. The number of benzene rings is 2. The Kier molecular flexibility index (Phi) is 5.92. The van der Waals surface area contributed by atoms with Crippen molar-refractivity contribution >= 4 is 28.4 Å². The average Bonchev–Trinajstić information content (AvgIpc) is 3.20. The molecule has 1 aromatic heterocycles. The number of ether oxygens (including phenoxy) is 2. The summed E-state index contributed by atoms with van der Waals surface area (Å²) in [5, 5.41) is 1.58. The number of carbonyl (C=O) groups excluding carboxylic acids is 1.